The van der Waals surface area contributed by atoms with Crippen molar-refractivity contribution in [2.75, 3.05) is 18.1 Å². The van der Waals surface area contributed by atoms with Gasteiger partial charge in [0, 0.05) is 22.3 Å². The third kappa shape index (κ3) is 4.80. The van der Waals surface area contributed by atoms with Gasteiger partial charge in [-0.3, -0.25) is 4.21 Å². The largest absolute Gasteiger partial charge is 0.502 e. The van der Waals surface area contributed by atoms with Crippen LogP contribution in [0.3, 0.4) is 0 Å². The Morgan fingerprint density at radius 1 is 1.50 bits per heavy atom. The second-order valence-electron chi connectivity index (χ2n) is 3.85. The molecule has 1 aliphatic heterocycles. The highest BCUT2D eigenvalue weighted by atomic mass is 32.2. The van der Waals surface area contributed by atoms with Crippen LogP contribution in [0, 0.1) is 5.92 Å². The van der Waals surface area contributed by atoms with Crippen molar-refractivity contribution in [2.24, 2.45) is 5.92 Å². The Bertz CT molecular complexity index is 192. The van der Waals surface area contributed by atoms with Gasteiger partial charge in [0.05, 0.1) is 12.9 Å². The lowest BCUT2D eigenvalue weighted by atomic mass is 9.99. The predicted molar refractivity (Wildman–Crippen MR) is 60.6 cm³/mol. The van der Waals surface area contributed by atoms with Gasteiger partial charge >= 0.3 is 0 Å². The van der Waals surface area contributed by atoms with Crippen LogP contribution in [-0.4, -0.2) is 22.3 Å². The van der Waals surface area contributed by atoms with Crippen LogP contribution >= 0.6 is 0 Å². The third-order valence-electron chi connectivity index (χ3n) is 2.65. The molecular formula is C11H20O2S. The molecular weight excluding hydrogens is 196 g/mol. The molecule has 14 heavy (non-hydrogen) atoms. The molecule has 1 aliphatic rings. The van der Waals surface area contributed by atoms with Crippen LogP contribution in [0.1, 0.15) is 32.1 Å². The molecule has 0 bridgehead atoms. The Balaban J connectivity index is 2.15. The monoisotopic (exact) mass is 216 g/mol. The predicted octanol–water partition coefficient (Wildman–Crippen LogP) is 2.48. The second-order valence-corrected chi connectivity index (χ2v) is 5.47. The first kappa shape index (κ1) is 11.8. The van der Waals surface area contributed by atoms with Gasteiger partial charge in [0.1, 0.15) is 0 Å². The summed E-state index contributed by atoms with van der Waals surface area (Å²) in [5.41, 5.74) is 0. The van der Waals surface area contributed by atoms with Crippen LogP contribution in [-0.2, 0) is 15.5 Å². The molecule has 0 spiro atoms. The lowest BCUT2D eigenvalue weighted by molar-refractivity contribution is 0.234. The first-order valence-corrected chi connectivity index (χ1v) is 6.89. The maximum absolute atomic E-state index is 11.4. The fourth-order valence-corrected chi connectivity index (χ4v) is 3.44. The Kier molecular flexibility index (Phi) is 5.92. The summed E-state index contributed by atoms with van der Waals surface area (Å²) in [5, 5.41) is 0. The van der Waals surface area contributed by atoms with Crippen molar-refractivity contribution in [3.63, 3.8) is 0 Å². The zero-order valence-electron chi connectivity index (χ0n) is 8.74. The van der Waals surface area contributed by atoms with Crippen molar-refractivity contribution < 1.29 is 8.95 Å². The average molecular weight is 216 g/mol. The van der Waals surface area contributed by atoms with Gasteiger partial charge in [-0.1, -0.05) is 13.0 Å². The highest BCUT2D eigenvalue weighted by Gasteiger charge is 2.16. The highest BCUT2D eigenvalue weighted by molar-refractivity contribution is 7.84. The first-order chi connectivity index (χ1) is 6.83. The van der Waals surface area contributed by atoms with Gasteiger partial charge in [-0.2, -0.15) is 0 Å². The fourth-order valence-electron chi connectivity index (χ4n) is 1.89. The molecule has 2 nitrogen and oxygen atoms in total. The zero-order valence-corrected chi connectivity index (χ0v) is 9.56. The molecule has 0 aromatic rings. The number of ether oxygens (including phenoxy) is 1. The summed E-state index contributed by atoms with van der Waals surface area (Å²) in [7, 11) is -0.556. The zero-order chi connectivity index (χ0) is 10.2. The van der Waals surface area contributed by atoms with E-state index in [9.17, 15) is 4.21 Å². The van der Waals surface area contributed by atoms with Crippen molar-refractivity contribution in [3.05, 3.63) is 12.8 Å². The minimum Gasteiger partial charge on any atom is -0.502 e. The van der Waals surface area contributed by atoms with E-state index in [-0.39, 0.29) is 0 Å². The molecule has 2 atom stereocenters. The summed E-state index contributed by atoms with van der Waals surface area (Å²) in [6.07, 6.45) is 7.35. The molecule has 0 amide bonds. The summed E-state index contributed by atoms with van der Waals surface area (Å²) >= 11 is 0. The second kappa shape index (κ2) is 7.04. The average Bonchev–Trinajstić information content (AvgIpc) is 2.38. The summed E-state index contributed by atoms with van der Waals surface area (Å²) < 4.78 is 16.5. The number of rotatable bonds is 5. The van der Waals surface area contributed by atoms with Gasteiger partial charge in [-0.15, -0.1) is 0 Å². The highest BCUT2D eigenvalue weighted by Crippen LogP contribution is 2.20. The van der Waals surface area contributed by atoms with E-state index in [0.29, 0.717) is 5.92 Å². The van der Waals surface area contributed by atoms with E-state index in [1.807, 2.05) is 0 Å². The van der Waals surface area contributed by atoms with Crippen LogP contribution in [0.15, 0.2) is 12.8 Å². The van der Waals surface area contributed by atoms with E-state index in [4.69, 9.17) is 4.74 Å². The van der Waals surface area contributed by atoms with Crippen LogP contribution in [0.25, 0.3) is 0 Å². The molecule has 3 heteroatoms. The quantitative estimate of drug-likeness (QED) is 0.521. The standard InChI is InChI=1S/C11H20O2S/c1-2-13-8-5-7-11-6-3-4-9-14(12)10-11/h2,11H,1,3-10H2. The van der Waals surface area contributed by atoms with Gasteiger partial charge < -0.3 is 4.74 Å². The molecule has 0 aromatic carbocycles. The molecule has 1 heterocycles. The van der Waals surface area contributed by atoms with Gasteiger partial charge in [0.2, 0.25) is 0 Å². The van der Waals surface area contributed by atoms with Crippen molar-refractivity contribution in [2.45, 2.75) is 32.1 Å². The van der Waals surface area contributed by atoms with Gasteiger partial charge in [0.25, 0.3) is 0 Å². The van der Waals surface area contributed by atoms with Crippen LogP contribution < -0.4 is 0 Å². The van der Waals surface area contributed by atoms with Crippen LogP contribution in [0.4, 0.5) is 0 Å². The third-order valence-corrected chi connectivity index (χ3v) is 4.24. The molecule has 1 fully saturated rings. The topological polar surface area (TPSA) is 26.3 Å². The maximum atomic E-state index is 11.4. The molecule has 0 N–H and O–H groups in total. The van der Waals surface area contributed by atoms with Crippen LogP contribution in [0.2, 0.25) is 0 Å². The Hall–Kier alpha value is -0.310. The maximum Gasteiger partial charge on any atom is 0.0873 e. The molecule has 0 radical (unpaired) electrons. The summed E-state index contributed by atoms with van der Waals surface area (Å²) in [6.45, 7) is 4.26. The Morgan fingerprint density at radius 2 is 2.36 bits per heavy atom. The number of hydrogen-bond donors (Lipinski definition) is 0. The minimum atomic E-state index is -0.556. The Morgan fingerprint density at radius 3 is 3.14 bits per heavy atom. The van der Waals surface area contributed by atoms with Gasteiger partial charge in [-0.05, 0) is 31.6 Å². The molecule has 1 saturated heterocycles. The summed E-state index contributed by atoms with van der Waals surface area (Å²) in [5.74, 6) is 2.49. The van der Waals surface area contributed by atoms with E-state index in [1.165, 1.54) is 19.1 Å². The van der Waals surface area contributed by atoms with Crippen molar-refractivity contribution in [1.29, 1.82) is 0 Å². The van der Waals surface area contributed by atoms with Crippen molar-refractivity contribution >= 4 is 10.8 Å². The molecule has 0 saturated carbocycles. The van der Waals surface area contributed by atoms with E-state index in [2.05, 4.69) is 6.58 Å². The SMILES string of the molecule is C=COCCCC1CCCCS(=O)C1. The summed E-state index contributed by atoms with van der Waals surface area (Å²) in [4.78, 5) is 0. The van der Waals surface area contributed by atoms with Crippen molar-refractivity contribution in [3.8, 4) is 0 Å². The molecule has 0 aromatic heterocycles. The van der Waals surface area contributed by atoms with E-state index in [1.54, 1.807) is 0 Å². The normalized spacial score (nSPS) is 28.0. The van der Waals surface area contributed by atoms with Gasteiger partial charge in [0.15, 0.2) is 0 Å². The van der Waals surface area contributed by atoms with E-state index >= 15 is 0 Å². The van der Waals surface area contributed by atoms with Crippen molar-refractivity contribution in [1.82, 2.24) is 0 Å². The molecule has 1 rings (SSSR count). The number of hydrogen-bond acceptors (Lipinski definition) is 2. The lowest BCUT2D eigenvalue weighted by Gasteiger charge is -2.12. The van der Waals surface area contributed by atoms with Crippen LogP contribution in [0.5, 0.6) is 0 Å². The fraction of sp³-hybridized carbons (Fsp3) is 0.818. The lowest BCUT2D eigenvalue weighted by Crippen LogP contribution is -2.10. The molecule has 0 aliphatic carbocycles. The minimum absolute atomic E-state index is 0.556. The van der Waals surface area contributed by atoms with E-state index in [0.717, 1.165) is 37.4 Å². The smallest absolute Gasteiger partial charge is 0.0873 e. The molecule has 82 valence electrons. The van der Waals surface area contributed by atoms with E-state index < -0.39 is 10.8 Å². The Labute approximate surface area is 89.2 Å². The summed E-state index contributed by atoms with van der Waals surface area (Å²) in [6, 6.07) is 0. The first-order valence-electron chi connectivity index (χ1n) is 5.40. The van der Waals surface area contributed by atoms with Gasteiger partial charge in [-0.25, -0.2) is 0 Å². The molecule has 2 unspecified atom stereocenters.